The van der Waals surface area contributed by atoms with Crippen molar-refractivity contribution >= 4 is 5.90 Å². The fraction of sp³-hybridized carbons (Fsp3) is 0.625. The Morgan fingerprint density at radius 3 is 3.20 bits per heavy atom. The summed E-state index contributed by atoms with van der Waals surface area (Å²) in [5.41, 5.74) is 0. The SMILES string of the molecule is C#CCC1=[N+](CC)CCO1. The minimum absolute atomic E-state index is 0.633. The predicted molar refractivity (Wildman–Crippen MR) is 40.1 cm³/mol. The molecule has 54 valence electrons. The Bertz CT molecular complexity index is 188. The molecule has 2 nitrogen and oxygen atoms in total. The largest absolute Gasteiger partial charge is 0.441 e. The highest BCUT2D eigenvalue weighted by atomic mass is 16.5. The number of likely N-dealkylation sites (N-methyl/N-ethyl adjacent to an activating group) is 1. The van der Waals surface area contributed by atoms with E-state index >= 15 is 0 Å². The minimum atomic E-state index is 0.633. The van der Waals surface area contributed by atoms with Crippen LogP contribution < -0.4 is 0 Å². The number of terminal acetylenes is 1. The minimum Gasteiger partial charge on any atom is -0.441 e. The zero-order valence-electron chi connectivity index (χ0n) is 6.26. The van der Waals surface area contributed by atoms with Gasteiger partial charge in [0, 0.05) is 0 Å². The lowest BCUT2D eigenvalue weighted by molar-refractivity contribution is -0.515. The van der Waals surface area contributed by atoms with Crippen LogP contribution in [0, 0.1) is 12.3 Å². The highest BCUT2D eigenvalue weighted by molar-refractivity contribution is 5.74. The van der Waals surface area contributed by atoms with E-state index in [9.17, 15) is 0 Å². The molecule has 0 bridgehead atoms. The van der Waals surface area contributed by atoms with Crippen molar-refractivity contribution in [3.8, 4) is 12.3 Å². The normalized spacial score (nSPS) is 16.8. The van der Waals surface area contributed by atoms with Crippen LogP contribution in [-0.2, 0) is 4.74 Å². The molecule has 0 unspecified atom stereocenters. The van der Waals surface area contributed by atoms with Gasteiger partial charge >= 0.3 is 5.90 Å². The first-order valence-electron chi connectivity index (χ1n) is 3.55. The second-order valence-electron chi connectivity index (χ2n) is 2.20. The van der Waals surface area contributed by atoms with Gasteiger partial charge in [-0.15, -0.1) is 6.42 Å². The summed E-state index contributed by atoms with van der Waals surface area (Å²) in [5, 5.41) is 0. The Kier molecular flexibility index (Phi) is 2.33. The highest BCUT2D eigenvalue weighted by Gasteiger charge is 2.20. The van der Waals surface area contributed by atoms with E-state index in [1.807, 2.05) is 0 Å². The molecule has 1 rings (SSSR count). The molecule has 0 aromatic rings. The monoisotopic (exact) mass is 138 g/mol. The van der Waals surface area contributed by atoms with Gasteiger partial charge in [-0.1, -0.05) is 5.92 Å². The van der Waals surface area contributed by atoms with E-state index in [1.54, 1.807) is 0 Å². The third kappa shape index (κ3) is 1.30. The average Bonchev–Trinajstić information content (AvgIpc) is 2.36. The zero-order chi connectivity index (χ0) is 7.40. The molecule has 0 saturated carbocycles. The molecule has 0 N–H and O–H groups in total. The van der Waals surface area contributed by atoms with Crippen LogP contribution in [0.1, 0.15) is 13.3 Å². The van der Waals surface area contributed by atoms with E-state index in [1.165, 1.54) is 0 Å². The molecule has 0 radical (unpaired) electrons. The van der Waals surface area contributed by atoms with Crippen LogP contribution in [-0.4, -0.2) is 30.2 Å². The quantitative estimate of drug-likeness (QED) is 0.399. The zero-order valence-corrected chi connectivity index (χ0v) is 6.26. The van der Waals surface area contributed by atoms with Gasteiger partial charge in [-0.3, -0.25) is 0 Å². The molecule has 0 amide bonds. The van der Waals surface area contributed by atoms with Crippen molar-refractivity contribution in [1.29, 1.82) is 0 Å². The van der Waals surface area contributed by atoms with Crippen molar-refractivity contribution in [2.45, 2.75) is 13.3 Å². The van der Waals surface area contributed by atoms with Crippen molar-refractivity contribution in [2.24, 2.45) is 0 Å². The summed E-state index contributed by atoms with van der Waals surface area (Å²) in [7, 11) is 0. The Balaban J connectivity index is 2.61. The Labute approximate surface area is 61.5 Å². The van der Waals surface area contributed by atoms with Crippen LogP contribution in [0.15, 0.2) is 0 Å². The Hall–Kier alpha value is -0.970. The number of ether oxygens (including phenoxy) is 1. The van der Waals surface area contributed by atoms with Crippen LogP contribution >= 0.6 is 0 Å². The predicted octanol–water partition coefficient (Wildman–Crippen LogP) is 0.471. The van der Waals surface area contributed by atoms with Gasteiger partial charge in [-0.25, -0.2) is 0 Å². The first-order chi connectivity index (χ1) is 4.88. The fourth-order valence-electron chi connectivity index (χ4n) is 1.07. The molecule has 1 aliphatic rings. The van der Waals surface area contributed by atoms with Gasteiger partial charge in [0.25, 0.3) is 0 Å². The van der Waals surface area contributed by atoms with Crippen molar-refractivity contribution in [3.63, 3.8) is 0 Å². The third-order valence-corrected chi connectivity index (χ3v) is 1.62. The van der Waals surface area contributed by atoms with Gasteiger partial charge in [0.2, 0.25) is 0 Å². The molecular formula is C8H12NO+. The molecule has 1 aliphatic heterocycles. The van der Waals surface area contributed by atoms with Crippen molar-refractivity contribution < 1.29 is 9.31 Å². The van der Waals surface area contributed by atoms with Crippen molar-refractivity contribution in [1.82, 2.24) is 0 Å². The maximum atomic E-state index is 5.30. The molecule has 0 aliphatic carbocycles. The van der Waals surface area contributed by atoms with Gasteiger partial charge in [0.05, 0.1) is 0 Å². The number of hydrogen-bond acceptors (Lipinski definition) is 1. The van der Waals surface area contributed by atoms with E-state index in [0.717, 1.165) is 25.6 Å². The molecule has 2 heteroatoms. The molecule has 0 aromatic heterocycles. The Morgan fingerprint density at radius 1 is 1.80 bits per heavy atom. The number of rotatable bonds is 2. The smallest absolute Gasteiger partial charge is 0.348 e. The summed E-state index contributed by atoms with van der Waals surface area (Å²) < 4.78 is 7.46. The third-order valence-electron chi connectivity index (χ3n) is 1.62. The molecule has 10 heavy (non-hydrogen) atoms. The first kappa shape index (κ1) is 7.14. The van der Waals surface area contributed by atoms with Gasteiger partial charge in [-0.05, 0) is 6.92 Å². The van der Waals surface area contributed by atoms with Crippen molar-refractivity contribution in [3.05, 3.63) is 0 Å². The molecule has 0 fully saturated rings. The van der Waals surface area contributed by atoms with E-state index in [-0.39, 0.29) is 0 Å². The lowest BCUT2D eigenvalue weighted by Gasteiger charge is -1.91. The summed E-state index contributed by atoms with van der Waals surface area (Å²) in [6.07, 6.45) is 5.78. The van der Waals surface area contributed by atoms with Crippen LogP contribution in [0.4, 0.5) is 0 Å². The van der Waals surface area contributed by atoms with Gasteiger partial charge in [0.15, 0.2) is 13.2 Å². The molecular weight excluding hydrogens is 126 g/mol. The molecule has 0 atom stereocenters. The van der Waals surface area contributed by atoms with Gasteiger partial charge in [0.1, 0.15) is 13.0 Å². The number of hydrogen-bond donors (Lipinski definition) is 0. The van der Waals surface area contributed by atoms with Crippen LogP contribution in [0.2, 0.25) is 0 Å². The maximum absolute atomic E-state index is 5.30. The van der Waals surface area contributed by atoms with E-state index in [2.05, 4.69) is 17.4 Å². The molecule has 0 saturated heterocycles. The second kappa shape index (κ2) is 3.26. The summed E-state index contributed by atoms with van der Waals surface area (Å²) in [4.78, 5) is 0. The molecule has 0 aromatic carbocycles. The Morgan fingerprint density at radius 2 is 2.60 bits per heavy atom. The standard InChI is InChI=1S/C8H12NO/c1-3-5-8-9(4-2)6-7-10-8/h1H,4-7H2,2H3/q+1. The lowest BCUT2D eigenvalue weighted by Crippen LogP contribution is -2.14. The van der Waals surface area contributed by atoms with Gasteiger partial charge in [-0.2, -0.15) is 4.58 Å². The highest BCUT2D eigenvalue weighted by Crippen LogP contribution is 1.97. The summed E-state index contributed by atoms with van der Waals surface area (Å²) in [6.45, 7) is 4.89. The second-order valence-corrected chi connectivity index (χ2v) is 2.20. The van der Waals surface area contributed by atoms with Crippen LogP contribution in [0.25, 0.3) is 0 Å². The number of nitrogens with zero attached hydrogens (tertiary/aromatic N) is 1. The molecule has 1 heterocycles. The van der Waals surface area contributed by atoms with Gasteiger partial charge < -0.3 is 4.74 Å². The summed E-state index contributed by atoms with van der Waals surface area (Å²) in [6, 6.07) is 0. The lowest BCUT2D eigenvalue weighted by atomic mass is 10.4. The topological polar surface area (TPSA) is 12.2 Å². The van der Waals surface area contributed by atoms with E-state index < -0.39 is 0 Å². The maximum Gasteiger partial charge on any atom is 0.348 e. The van der Waals surface area contributed by atoms with Crippen LogP contribution in [0.5, 0.6) is 0 Å². The fourth-order valence-corrected chi connectivity index (χ4v) is 1.07. The summed E-state index contributed by atoms with van der Waals surface area (Å²) in [5.74, 6) is 3.53. The molecule has 0 spiro atoms. The van der Waals surface area contributed by atoms with E-state index in [4.69, 9.17) is 11.2 Å². The first-order valence-corrected chi connectivity index (χ1v) is 3.55. The summed E-state index contributed by atoms with van der Waals surface area (Å²) >= 11 is 0. The van der Waals surface area contributed by atoms with Crippen LogP contribution in [0.3, 0.4) is 0 Å². The van der Waals surface area contributed by atoms with Crippen molar-refractivity contribution in [2.75, 3.05) is 19.7 Å². The average molecular weight is 138 g/mol. The van der Waals surface area contributed by atoms with E-state index in [0.29, 0.717) is 6.42 Å².